The largest absolute Gasteiger partial charge is 0.337 e. The molecule has 2 rings (SSSR count). The lowest BCUT2D eigenvalue weighted by Gasteiger charge is -2.19. The number of nitrogens with one attached hydrogen (secondary N) is 1. The van der Waals surface area contributed by atoms with Gasteiger partial charge in [-0.25, -0.2) is 4.79 Å². The number of aromatic nitrogens is 1. The van der Waals surface area contributed by atoms with E-state index >= 15 is 0 Å². The fourth-order valence-corrected chi connectivity index (χ4v) is 2.79. The summed E-state index contributed by atoms with van der Waals surface area (Å²) in [4.78, 5) is 29.4. The van der Waals surface area contributed by atoms with Gasteiger partial charge in [0.25, 0.3) is 0 Å². The van der Waals surface area contributed by atoms with E-state index in [1.807, 2.05) is 54.6 Å². The molecule has 0 fully saturated rings. The molecule has 2 amide bonds. The number of thioether (sulfide) groups is 1. The van der Waals surface area contributed by atoms with Crippen LogP contribution in [-0.2, 0) is 11.2 Å². The first-order valence-corrected chi connectivity index (χ1v) is 9.44. The first-order valence-electron chi connectivity index (χ1n) is 8.46. The van der Waals surface area contributed by atoms with Crippen molar-refractivity contribution >= 4 is 29.0 Å². The zero-order chi connectivity index (χ0) is 18.6. The van der Waals surface area contributed by atoms with Crippen molar-refractivity contribution < 1.29 is 9.59 Å². The van der Waals surface area contributed by atoms with Crippen LogP contribution < -0.4 is 5.32 Å². The van der Waals surface area contributed by atoms with E-state index in [-0.39, 0.29) is 11.1 Å². The van der Waals surface area contributed by atoms with E-state index in [2.05, 4.69) is 10.3 Å². The molecular weight excluding hydrogens is 346 g/mol. The topological polar surface area (TPSA) is 62.3 Å². The molecule has 1 heterocycles. The Labute approximate surface area is 158 Å². The van der Waals surface area contributed by atoms with Crippen molar-refractivity contribution in [2.24, 2.45) is 0 Å². The quantitative estimate of drug-likeness (QED) is 0.772. The molecule has 0 spiro atoms. The number of hydrogen-bond donors (Lipinski definition) is 1. The Kier molecular flexibility index (Phi) is 8.42. The third kappa shape index (κ3) is 7.53. The molecule has 0 saturated heterocycles. The van der Waals surface area contributed by atoms with Gasteiger partial charge in [-0.3, -0.25) is 9.78 Å². The minimum Gasteiger partial charge on any atom is -0.337 e. The molecule has 0 aliphatic carbocycles. The SMILES string of the molecule is CC(=O)SCCN(C=Cc1ccccc1)C(=O)NCCc1ccccn1. The van der Waals surface area contributed by atoms with Crippen molar-refractivity contribution in [3.8, 4) is 0 Å². The number of benzene rings is 1. The third-order valence-electron chi connectivity index (χ3n) is 3.53. The summed E-state index contributed by atoms with van der Waals surface area (Å²) in [6.07, 6.45) is 6.05. The van der Waals surface area contributed by atoms with Gasteiger partial charge < -0.3 is 10.2 Å². The summed E-state index contributed by atoms with van der Waals surface area (Å²) < 4.78 is 0. The van der Waals surface area contributed by atoms with E-state index in [9.17, 15) is 9.59 Å². The summed E-state index contributed by atoms with van der Waals surface area (Å²) in [7, 11) is 0. The number of nitrogens with zero attached hydrogens (tertiary/aromatic N) is 2. The molecule has 26 heavy (non-hydrogen) atoms. The average molecular weight is 369 g/mol. The van der Waals surface area contributed by atoms with Gasteiger partial charge in [-0.2, -0.15) is 0 Å². The van der Waals surface area contributed by atoms with Crippen LogP contribution in [-0.4, -0.2) is 39.9 Å². The second-order valence-corrected chi connectivity index (χ2v) is 6.83. The predicted molar refractivity (Wildman–Crippen MR) is 107 cm³/mol. The predicted octanol–water partition coefficient (Wildman–Crippen LogP) is 3.59. The van der Waals surface area contributed by atoms with Crippen LogP contribution in [0.4, 0.5) is 4.79 Å². The summed E-state index contributed by atoms with van der Waals surface area (Å²) >= 11 is 1.21. The van der Waals surface area contributed by atoms with Crippen LogP contribution in [0.3, 0.4) is 0 Å². The van der Waals surface area contributed by atoms with Crippen molar-refractivity contribution in [2.75, 3.05) is 18.8 Å². The smallest absolute Gasteiger partial charge is 0.321 e. The molecule has 0 unspecified atom stereocenters. The van der Waals surface area contributed by atoms with Crippen LogP contribution >= 0.6 is 11.8 Å². The van der Waals surface area contributed by atoms with Crippen LogP contribution in [0.2, 0.25) is 0 Å². The molecule has 2 aromatic rings. The Morgan fingerprint density at radius 3 is 2.62 bits per heavy atom. The van der Waals surface area contributed by atoms with E-state index in [1.54, 1.807) is 17.3 Å². The maximum absolute atomic E-state index is 12.5. The second kappa shape index (κ2) is 11.1. The monoisotopic (exact) mass is 369 g/mol. The Balaban J connectivity index is 1.91. The van der Waals surface area contributed by atoms with Crippen molar-refractivity contribution in [3.05, 3.63) is 72.2 Å². The minimum absolute atomic E-state index is 0.0487. The standard InChI is InChI=1S/C20H23N3O2S/c1-17(24)26-16-15-23(14-11-18-7-3-2-4-8-18)20(25)22-13-10-19-9-5-6-12-21-19/h2-9,11-12,14H,10,13,15-16H2,1H3,(H,22,25). The summed E-state index contributed by atoms with van der Waals surface area (Å²) in [5.74, 6) is 0.558. The fourth-order valence-electron chi connectivity index (χ4n) is 2.22. The van der Waals surface area contributed by atoms with Crippen LogP contribution in [0.1, 0.15) is 18.2 Å². The number of urea groups is 1. The molecule has 0 radical (unpaired) electrons. The number of pyridine rings is 1. The lowest BCUT2D eigenvalue weighted by Crippen LogP contribution is -2.38. The molecule has 0 bridgehead atoms. The molecule has 0 aliphatic heterocycles. The summed E-state index contributed by atoms with van der Waals surface area (Å²) in [5.41, 5.74) is 1.95. The maximum Gasteiger partial charge on any atom is 0.321 e. The number of rotatable bonds is 8. The van der Waals surface area contributed by atoms with Gasteiger partial charge in [0.1, 0.15) is 0 Å². The fraction of sp³-hybridized carbons (Fsp3) is 0.250. The van der Waals surface area contributed by atoms with Crippen LogP contribution in [0.15, 0.2) is 60.9 Å². The molecule has 1 N–H and O–H groups in total. The van der Waals surface area contributed by atoms with Gasteiger partial charge in [0.2, 0.25) is 0 Å². The summed E-state index contributed by atoms with van der Waals surface area (Å²) in [6.45, 7) is 2.50. The highest BCUT2D eigenvalue weighted by atomic mass is 32.2. The number of hydrogen-bond acceptors (Lipinski definition) is 4. The van der Waals surface area contributed by atoms with Crippen molar-refractivity contribution in [1.82, 2.24) is 15.2 Å². The first-order chi connectivity index (χ1) is 12.6. The van der Waals surface area contributed by atoms with Crippen LogP contribution in [0, 0.1) is 0 Å². The zero-order valence-corrected chi connectivity index (χ0v) is 15.6. The van der Waals surface area contributed by atoms with Crippen molar-refractivity contribution in [3.63, 3.8) is 0 Å². The maximum atomic E-state index is 12.5. The lowest BCUT2D eigenvalue weighted by molar-refractivity contribution is -0.109. The van der Waals surface area contributed by atoms with E-state index < -0.39 is 0 Å². The van der Waals surface area contributed by atoms with Gasteiger partial charge in [-0.15, -0.1) is 0 Å². The Morgan fingerprint density at radius 2 is 1.92 bits per heavy atom. The number of carbonyl (C=O) groups excluding carboxylic acids is 2. The Morgan fingerprint density at radius 1 is 1.15 bits per heavy atom. The normalized spacial score (nSPS) is 10.7. The van der Waals surface area contributed by atoms with Crippen molar-refractivity contribution in [2.45, 2.75) is 13.3 Å². The van der Waals surface area contributed by atoms with E-state index in [0.717, 1.165) is 11.3 Å². The second-order valence-electron chi connectivity index (χ2n) is 5.56. The molecule has 0 aliphatic rings. The molecule has 5 nitrogen and oxygen atoms in total. The lowest BCUT2D eigenvalue weighted by atomic mass is 10.2. The highest BCUT2D eigenvalue weighted by molar-refractivity contribution is 8.13. The summed E-state index contributed by atoms with van der Waals surface area (Å²) in [5, 5.41) is 2.96. The van der Waals surface area contributed by atoms with Gasteiger partial charge in [0.05, 0.1) is 0 Å². The summed E-state index contributed by atoms with van der Waals surface area (Å²) in [6, 6.07) is 15.3. The Bertz CT molecular complexity index is 720. The van der Waals surface area contributed by atoms with E-state index in [0.29, 0.717) is 25.3 Å². The molecular formula is C20H23N3O2S. The Hall–Kier alpha value is -2.60. The molecule has 136 valence electrons. The van der Waals surface area contributed by atoms with Crippen molar-refractivity contribution in [1.29, 1.82) is 0 Å². The number of carbonyl (C=O) groups is 2. The van der Waals surface area contributed by atoms with E-state index in [4.69, 9.17) is 0 Å². The third-order valence-corrected chi connectivity index (χ3v) is 4.32. The minimum atomic E-state index is -0.183. The highest BCUT2D eigenvalue weighted by Gasteiger charge is 2.10. The van der Waals surface area contributed by atoms with E-state index in [1.165, 1.54) is 18.7 Å². The highest BCUT2D eigenvalue weighted by Crippen LogP contribution is 2.06. The number of amides is 2. The first kappa shape index (κ1) is 19.7. The van der Waals surface area contributed by atoms with Crippen LogP contribution in [0.5, 0.6) is 0 Å². The van der Waals surface area contributed by atoms with Gasteiger partial charge in [0, 0.05) is 50.3 Å². The molecule has 0 saturated carbocycles. The molecule has 0 atom stereocenters. The average Bonchev–Trinajstić information content (AvgIpc) is 2.66. The van der Waals surface area contributed by atoms with Crippen LogP contribution in [0.25, 0.3) is 6.08 Å². The molecule has 1 aromatic heterocycles. The van der Waals surface area contributed by atoms with Gasteiger partial charge in [-0.05, 0) is 23.8 Å². The van der Waals surface area contributed by atoms with Gasteiger partial charge in [0.15, 0.2) is 5.12 Å². The van der Waals surface area contributed by atoms with Gasteiger partial charge >= 0.3 is 6.03 Å². The molecule has 1 aromatic carbocycles. The molecule has 6 heteroatoms. The zero-order valence-electron chi connectivity index (χ0n) is 14.8. The van der Waals surface area contributed by atoms with Gasteiger partial charge in [-0.1, -0.05) is 48.2 Å².